The van der Waals surface area contributed by atoms with Crippen molar-refractivity contribution in [1.82, 2.24) is 14.9 Å². The van der Waals surface area contributed by atoms with Crippen molar-refractivity contribution in [2.45, 2.75) is 44.6 Å². The lowest BCUT2D eigenvalue weighted by molar-refractivity contribution is 0.0183. The zero-order valence-corrected chi connectivity index (χ0v) is 19.9. The molecule has 2 aromatic carbocycles. The Balaban J connectivity index is 1.62. The van der Waals surface area contributed by atoms with Gasteiger partial charge in [-0.15, -0.1) is 0 Å². The molecular formula is C26H28ClN3O3. The lowest BCUT2D eigenvalue weighted by Gasteiger charge is -2.41. The van der Waals surface area contributed by atoms with Crippen LogP contribution >= 0.6 is 11.6 Å². The van der Waals surface area contributed by atoms with E-state index in [1.165, 1.54) is 6.33 Å². The summed E-state index contributed by atoms with van der Waals surface area (Å²) in [7, 11) is 0. The molecule has 0 spiro atoms. The van der Waals surface area contributed by atoms with Gasteiger partial charge in [-0.25, -0.2) is 9.78 Å². The maximum Gasteiger partial charge on any atom is 0.410 e. The Bertz CT molecular complexity index is 1230. The third-order valence-electron chi connectivity index (χ3n) is 5.99. The number of benzene rings is 2. The van der Waals surface area contributed by atoms with Gasteiger partial charge in [0.05, 0.1) is 17.2 Å². The summed E-state index contributed by atoms with van der Waals surface area (Å²) in [6.45, 7) is 6.82. The van der Waals surface area contributed by atoms with E-state index in [-0.39, 0.29) is 17.1 Å². The molecule has 1 aliphatic heterocycles. The molecule has 3 aromatic rings. The van der Waals surface area contributed by atoms with Gasteiger partial charge in [-0.05, 0) is 69.0 Å². The molecule has 172 valence electrons. The average molecular weight is 466 g/mol. The van der Waals surface area contributed by atoms with E-state index >= 15 is 0 Å². The minimum Gasteiger partial charge on any atom is -0.444 e. The summed E-state index contributed by atoms with van der Waals surface area (Å²) in [6.07, 6.45) is 6.93. The molecule has 0 bridgehead atoms. The molecule has 33 heavy (non-hydrogen) atoms. The van der Waals surface area contributed by atoms with Crippen LogP contribution in [0.3, 0.4) is 0 Å². The van der Waals surface area contributed by atoms with Gasteiger partial charge in [0.25, 0.3) is 5.56 Å². The smallest absolute Gasteiger partial charge is 0.410 e. The number of fused-ring (bicyclic) bond motifs is 1. The van der Waals surface area contributed by atoms with E-state index in [1.54, 1.807) is 11.0 Å². The largest absolute Gasteiger partial charge is 0.444 e. The average Bonchev–Trinajstić information content (AvgIpc) is 2.77. The Labute approximate surface area is 198 Å². The van der Waals surface area contributed by atoms with Crippen LogP contribution in [0.1, 0.15) is 44.7 Å². The highest BCUT2D eigenvalue weighted by Gasteiger charge is 2.36. The molecule has 1 aliphatic rings. The van der Waals surface area contributed by atoms with Crippen molar-refractivity contribution in [2.75, 3.05) is 13.1 Å². The quantitative estimate of drug-likeness (QED) is 0.549. The standard InChI is InChI=1S/C26H28ClN3O3/c1-25(2,3)33-24(32)30-14-12-26(13-15-30,19-5-7-20(27)8-6-19)11-10-18-4-9-21-22(16-18)28-17-29-23(21)31/h4-11,16-17H,12-15H2,1-3H3,(H,28,29,31). The van der Waals surface area contributed by atoms with E-state index in [1.807, 2.05) is 45.0 Å². The van der Waals surface area contributed by atoms with Crippen molar-refractivity contribution in [3.63, 3.8) is 0 Å². The van der Waals surface area contributed by atoms with Crippen LogP contribution in [-0.2, 0) is 10.2 Å². The van der Waals surface area contributed by atoms with Crippen molar-refractivity contribution in [2.24, 2.45) is 0 Å². The molecule has 7 heteroatoms. The SMILES string of the molecule is CC(C)(C)OC(=O)N1CCC(C=Cc2ccc3c(=O)[nH]cnc3c2)(c2ccc(Cl)cc2)CC1. The van der Waals surface area contributed by atoms with Crippen molar-refractivity contribution in [1.29, 1.82) is 0 Å². The molecule has 1 amide bonds. The summed E-state index contributed by atoms with van der Waals surface area (Å²) in [4.78, 5) is 33.2. The fourth-order valence-corrected chi connectivity index (χ4v) is 4.32. The van der Waals surface area contributed by atoms with Crippen LogP contribution < -0.4 is 5.56 Å². The van der Waals surface area contributed by atoms with Gasteiger partial charge in [0.1, 0.15) is 5.60 Å². The number of rotatable bonds is 3. The Morgan fingerprint density at radius 1 is 1.15 bits per heavy atom. The normalized spacial score (nSPS) is 16.3. The zero-order chi connectivity index (χ0) is 23.6. The third-order valence-corrected chi connectivity index (χ3v) is 6.24. The number of ether oxygens (including phenoxy) is 1. The Hall–Kier alpha value is -3.12. The Morgan fingerprint density at radius 2 is 1.85 bits per heavy atom. The number of H-pyrrole nitrogens is 1. The molecule has 1 saturated heterocycles. The molecule has 6 nitrogen and oxygen atoms in total. The predicted molar refractivity (Wildman–Crippen MR) is 132 cm³/mol. The molecule has 2 heterocycles. The Morgan fingerprint density at radius 3 is 2.52 bits per heavy atom. The van der Waals surface area contributed by atoms with E-state index in [0.29, 0.717) is 29.0 Å². The highest BCUT2D eigenvalue weighted by atomic mass is 35.5. The fourth-order valence-electron chi connectivity index (χ4n) is 4.19. The summed E-state index contributed by atoms with van der Waals surface area (Å²) >= 11 is 6.14. The third kappa shape index (κ3) is 5.28. The maximum atomic E-state index is 12.6. The van der Waals surface area contributed by atoms with Crippen molar-refractivity contribution in [3.05, 3.63) is 81.4 Å². The van der Waals surface area contributed by atoms with Crippen LogP contribution in [0.5, 0.6) is 0 Å². The van der Waals surface area contributed by atoms with E-state index in [0.717, 1.165) is 24.0 Å². The molecule has 0 aliphatic carbocycles. The lowest BCUT2D eigenvalue weighted by atomic mass is 9.72. The highest BCUT2D eigenvalue weighted by molar-refractivity contribution is 6.30. The Kier molecular flexibility index (Phi) is 6.30. The topological polar surface area (TPSA) is 75.3 Å². The van der Waals surface area contributed by atoms with Crippen LogP contribution in [0.25, 0.3) is 17.0 Å². The fraction of sp³-hybridized carbons (Fsp3) is 0.346. The van der Waals surface area contributed by atoms with E-state index in [2.05, 4.69) is 34.3 Å². The van der Waals surface area contributed by atoms with Gasteiger partial charge in [-0.2, -0.15) is 0 Å². The van der Waals surface area contributed by atoms with Crippen LogP contribution in [0.4, 0.5) is 4.79 Å². The first-order valence-electron chi connectivity index (χ1n) is 11.1. The second-order valence-electron chi connectivity index (χ2n) is 9.47. The van der Waals surface area contributed by atoms with Gasteiger partial charge in [-0.3, -0.25) is 4.79 Å². The molecule has 0 unspecified atom stereocenters. The summed E-state index contributed by atoms with van der Waals surface area (Å²) in [5.41, 5.74) is 1.85. The number of nitrogens with zero attached hydrogens (tertiary/aromatic N) is 2. The van der Waals surface area contributed by atoms with Crippen LogP contribution in [0, 0.1) is 0 Å². The second-order valence-corrected chi connectivity index (χ2v) is 9.91. The van der Waals surface area contributed by atoms with Crippen LogP contribution in [0.2, 0.25) is 5.02 Å². The number of nitrogens with one attached hydrogen (secondary N) is 1. The predicted octanol–water partition coefficient (Wildman–Crippen LogP) is 5.56. The maximum absolute atomic E-state index is 12.6. The van der Waals surface area contributed by atoms with Gasteiger partial charge < -0.3 is 14.6 Å². The number of amides is 1. The van der Waals surface area contributed by atoms with Gasteiger partial charge in [0.2, 0.25) is 0 Å². The first-order chi connectivity index (χ1) is 15.7. The van der Waals surface area contributed by atoms with Crippen molar-refractivity contribution < 1.29 is 9.53 Å². The first kappa shape index (κ1) is 23.1. The molecule has 1 fully saturated rings. The number of aromatic nitrogens is 2. The number of piperidine rings is 1. The van der Waals surface area contributed by atoms with E-state index < -0.39 is 5.60 Å². The van der Waals surface area contributed by atoms with Gasteiger partial charge in [0.15, 0.2) is 0 Å². The van der Waals surface area contributed by atoms with Gasteiger partial charge in [-0.1, -0.05) is 42.0 Å². The number of carbonyl (C=O) groups is 1. The number of hydrogen-bond acceptors (Lipinski definition) is 4. The first-order valence-corrected chi connectivity index (χ1v) is 11.4. The highest BCUT2D eigenvalue weighted by Crippen LogP contribution is 2.38. The summed E-state index contributed by atoms with van der Waals surface area (Å²) in [5.74, 6) is 0. The number of hydrogen-bond donors (Lipinski definition) is 1. The zero-order valence-electron chi connectivity index (χ0n) is 19.1. The minimum atomic E-state index is -0.520. The van der Waals surface area contributed by atoms with Crippen LogP contribution in [-0.4, -0.2) is 39.7 Å². The molecule has 0 radical (unpaired) electrons. The second kappa shape index (κ2) is 9.02. The number of aromatic amines is 1. The summed E-state index contributed by atoms with van der Waals surface area (Å²) in [5, 5.41) is 1.25. The van der Waals surface area contributed by atoms with E-state index in [9.17, 15) is 9.59 Å². The van der Waals surface area contributed by atoms with Gasteiger partial charge in [0, 0.05) is 23.5 Å². The molecular weight excluding hydrogens is 438 g/mol. The van der Waals surface area contributed by atoms with Crippen molar-refractivity contribution >= 4 is 34.7 Å². The minimum absolute atomic E-state index is 0.150. The number of allylic oxidation sites excluding steroid dienone is 1. The molecule has 1 aromatic heterocycles. The molecule has 4 rings (SSSR count). The summed E-state index contributed by atoms with van der Waals surface area (Å²) < 4.78 is 5.56. The summed E-state index contributed by atoms with van der Waals surface area (Å²) in [6, 6.07) is 13.5. The van der Waals surface area contributed by atoms with Gasteiger partial charge >= 0.3 is 6.09 Å². The molecule has 1 N–H and O–H groups in total. The monoisotopic (exact) mass is 465 g/mol. The van der Waals surface area contributed by atoms with Crippen molar-refractivity contribution in [3.8, 4) is 0 Å². The number of carbonyl (C=O) groups excluding carboxylic acids is 1. The number of halogens is 1. The van der Waals surface area contributed by atoms with E-state index in [4.69, 9.17) is 16.3 Å². The number of likely N-dealkylation sites (tertiary alicyclic amines) is 1. The molecule has 0 atom stereocenters. The van der Waals surface area contributed by atoms with Crippen LogP contribution in [0.15, 0.2) is 59.7 Å². The molecule has 0 saturated carbocycles. The lowest BCUT2D eigenvalue weighted by Crippen LogP contribution is -2.46.